The Labute approximate surface area is 45.4 Å². The summed E-state index contributed by atoms with van der Waals surface area (Å²) in [6.07, 6.45) is -0.604. The van der Waals surface area contributed by atoms with Crippen LogP contribution in [0.4, 0.5) is 0 Å². The fraction of sp³-hybridized carbons (Fsp3) is 0.667. The minimum Gasteiger partial charge on any atom is -0.303 e. The summed E-state index contributed by atoms with van der Waals surface area (Å²) < 4.78 is 0. The second kappa shape index (κ2) is 2.95. The molecule has 46 valence electrons. The minimum absolute atomic E-state index is 0.350. The Morgan fingerprint density at radius 1 is 1.88 bits per heavy atom. The van der Waals surface area contributed by atoms with Crippen LogP contribution < -0.4 is 0 Å². The molecule has 0 amide bonds. The van der Waals surface area contributed by atoms with Gasteiger partial charge < -0.3 is 9.63 Å². The topological polar surface area (TPSA) is 69.4 Å². The molecule has 0 saturated carbocycles. The number of carbonyl (C=O) groups excluding carboxylic acids is 1. The lowest BCUT2D eigenvalue weighted by Crippen LogP contribution is -2.13. The van der Waals surface area contributed by atoms with Gasteiger partial charge in [0, 0.05) is 0 Å². The highest BCUT2D eigenvalue weighted by molar-refractivity contribution is 5.54. The highest BCUT2D eigenvalue weighted by Crippen LogP contribution is 1.82. The largest absolute Gasteiger partial charge is 0.303 e. The van der Waals surface area contributed by atoms with Crippen molar-refractivity contribution in [3.63, 3.8) is 0 Å². The molecule has 0 N–H and O–H groups in total. The van der Waals surface area contributed by atoms with Crippen molar-refractivity contribution in [2.24, 2.45) is 0 Å². The highest BCUT2D eigenvalue weighted by Gasteiger charge is 2.01. The van der Waals surface area contributed by atoms with Crippen LogP contribution >= 0.6 is 0 Å². The van der Waals surface area contributed by atoms with Crippen LogP contribution in [0.5, 0.6) is 0 Å². The zero-order valence-electron chi connectivity index (χ0n) is 4.23. The molecule has 0 fully saturated rings. The third kappa shape index (κ3) is 3.08. The van der Waals surface area contributed by atoms with E-state index in [1.165, 1.54) is 6.92 Å². The van der Waals surface area contributed by atoms with Gasteiger partial charge in [0.1, 0.15) is 6.29 Å². The van der Waals surface area contributed by atoms with Crippen LogP contribution in [0.15, 0.2) is 0 Å². The molecule has 0 aromatic carbocycles. The molecule has 0 rings (SSSR count). The summed E-state index contributed by atoms with van der Waals surface area (Å²) in [7, 11) is 0. The van der Waals surface area contributed by atoms with E-state index in [1.54, 1.807) is 0 Å². The summed E-state index contributed by atoms with van der Waals surface area (Å²) in [6.45, 7) is 1.29. The Bertz CT molecular complexity index is 101. The number of nitrogens with zero attached hydrogens (tertiary/aromatic N) is 1. The molecule has 0 bridgehead atoms. The van der Waals surface area contributed by atoms with Gasteiger partial charge in [-0.15, -0.1) is 10.1 Å². The van der Waals surface area contributed by atoms with E-state index < -0.39 is 11.2 Å². The van der Waals surface area contributed by atoms with Crippen LogP contribution in [-0.4, -0.2) is 17.5 Å². The summed E-state index contributed by atoms with van der Waals surface area (Å²) in [5.41, 5.74) is 0. The lowest BCUT2D eigenvalue weighted by molar-refractivity contribution is -0.763. The van der Waals surface area contributed by atoms with Gasteiger partial charge in [-0.3, -0.25) is 0 Å². The standard InChI is InChI=1S/C3H5NO4/c1-3(2-5)8-4(6)7/h2-3H,1H3. The van der Waals surface area contributed by atoms with Gasteiger partial charge >= 0.3 is 0 Å². The molecule has 5 heteroatoms. The Hall–Kier alpha value is -1.13. The van der Waals surface area contributed by atoms with Crippen molar-refractivity contribution in [3.05, 3.63) is 10.1 Å². The predicted octanol–water partition coefficient (Wildman–Crippen LogP) is -0.218. The number of hydrogen-bond donors (Lipinski definition) is 0. The van der Waals surface area contributed by atoms with Gasteiger partial charge in [-0.25, -0.2) is 0 Å². The number of hydrogen-bond acceptors (Lipinski definition) is 4. The van der Waals surface area contributed by atoms with Crippen molar-refractivity contribution < 1.29 is 14.7 Å². The maximum atomic E-state index is 9.61. The third-order valence-electron chi connectivity index (χ3n) is 0.444. The Kier molecular flexibility index (Phi) is 2.53. The molecule has 5 nitrogen and oxygen atoms in total. The number of carbonyl (C=O) groups is 1. The van der Waals surface area contributed by atoms with E-state index in [0.29, 0.717) is 6.29 Å². The molecule has 1 unspecified atom stereocenters. The Balaban J connectivity index is 3.38. The molecule has 1 atom stereocenters. The molecule has 8 heavy (non-hydrogen) atoms. The maximum Gasteiger partial charge on any atom is 0.295 e. The van der Waals surface area contributed by atoms with Gasteiger partial charge in [0.2, 0.25) is 0 Å². The van der Waals surface area contributed by atoms with E-state index in [1.807, 2.05) is 0 Å². The van der Waals surface area contributed by atoms with E-state index in [0.717, 1.165) is 0 Å². The first-order valence-electron chi connectivity index (χ1n) is 1.93. The van der Waals surface area contributed by atoms with Crippen molar-refractivity contribution in [3.8, 4) is 0 Å². The first-order valence-corrected chi connectivity index (χ1v) is 1.93. The van der Waals surface area contributed by atoms with Gasteiger partial charge in [0.05, 0.1) is 0 Å². The summed E-state index contributed by atoms with van der Waals surface area (Å²) in [6, 6.07) is 0. The fourth-order valence-corrected chi connectivity index (χ4v) is 0.161. The van der Waals surface area contributed by atoms with Crippen molar-refractivity contribution >= 4 is 6.29 Å². The summed E-state index contributed by atoms with van der Waals surface area (Å²) >= 11 is 0. The maximum absolute atomic E-state index is 9.61. The quantitative estimate of drug-likeness (QED) is 0.292. The SMILES string of the molecule is CC(C=O)O[N+](=O)[O-]. The van der Waals surface area contributed by atoms with Crippen LogP contribution in [-0.2, 0) is 9.63 Å². The molecule has 0 heterocycles. The van der Waals surface area contributed by atoms with E-state index in [4.69, 9.17) is 0 Å². The van der Waals surface area contributed by atoms with Gasteiger partial charge in [0.25, 0.3) is 5.09 Å². The van der Waals surface area contributed by atoms with E-state index >= 15 is 0 Å². The van der Waals surface area contributed by atoms with E-state index in [2.05, 4.69) is 4.84 Å². The lowest BCUT2D eigenvalue weighted by atomic mass is 10.5. The van der Waals surface area contributed by atoms with Crippen molar-refractivity contribution in [2.45, 2.75) is 13.0 Å². The third-order valence-corrected chi connectivity index (χ3v) is 0.444. The van der Waals surface area contributed by atoms with Crippen LogP contribution in [0, 0.1) is 10.1 Å². The van der Waals surface area contributed by atoms with Gasteiger partial charge in [-0.05, 0) is 6.92 Å². The number of aldehydes is 1. The first-order chi connectivity index (χ1) is 3.66. The minimum atomic E-state index is -1.00. The molecule has 0 spiro atoms. The molecule has 0 aromatic heterocycles. The summed E-state index contributed by atoms with van der Waals surface area (Å²) in [5.74, 6) is 0. The molecule has 0 saturated heterocycles. The molecular formula is C3H5NO4. The zero-order chi connectivity index (χ0) is 6.57. The van der Waals surface area contributed by atoms with Gasteiger partial charge in [-0.2, -0.15) is 0 Å². The average molecular weight is 119 g/mol. The first kappa shape index (κ1) is 6.87. The molecule has 0 aromatic rings. The van der Waals surface area contributed by atoms with Gasteiger partial charge in [-0.1, -0.05) is 0 Å². The average Bonchev–Trinajstić information content (AvgIpc) is 1.65. The second-order valence-electron chi connectivity index (χ2n) is 1.17. The molecular weight excluding hydrogens is 114 g/mol. The van der Waals surface area contributed by atoms with Crippen molar-refractivity contribution in [1.29, 1.82) is 0 Å². The normalized spacial score (nSPS) is 12.1. The smallest absolute Gasteiger partial charge is 0.295 e. The van der Waals surface area contributed by atoms with Crippen LogP contribution in [0.1, 0.15) is 6.92 Å². The fourth-order valence-electron chi connectivity index (χ4n) is 0.161. The molecule has 0 aliphatic heterocycles. The Morgan fingerprint density at radius 3 is 2.50 bits per heavy atom. The molecule has 0 radical (unpaired) electrons. The molecule has 0 aliphatic carbocycles. The zero-order valence-corrected chi connectivity index (χ0v) is 4.23. The van der Waals surface area contributed by atoms with E-state index in [-0.39, 0.29) is 0 Å². The second-order valence-corrected chi connectivity index (χ2v) is 1.17. The van der Waals surface area contributed by atoms with Crippen LogP contribution in [0.25, 0.3) is 0 Å². The van der Waals surface area contributed by atoms with Crippen LogP contribution in [0.3, 0.4) is 0 Å². The molecule has 0 aliphatic rings. The highest BCUT2D eigenvalue weighted by atomic mass is 17.0. The van der Waals surface area contributed by atoms with Crippen LogP contribution in [0.2, 0.25) is 0 Å². The monoisotopic (exact) mass is 119 g/mol. The summed E-state index contributed by atoms with van der Waals surface area (Å²) in [4.78, 5) is 22.8. The van der Waals surface area contributed by atoms with Crippen molar-refractivity contribution in [2.75, 3.05) is 0 Å². The summed E-state index contributed by atoms with van der Waals surface area (Å²) in [5, 5.41) is 8.39. The van der Waals surface area contributed by atoms with E-state index in [9.17, 15) is 14.9 Å². The number of rotatable bonds is 3. The predicted molar refractivity (Wildman–Crippen MR) is 23.6 cm³/mol. The lowest BCUT2D eigenvalue weighted by Gasteiger charge is -1.96. The van der Waals surface area contributed by atoms with Crippen molar-refractivity contribution in [1.82, 2.24) is 0 Å². The van der Waals surface area contributed by atoms with Gasteiger partial charge in [0.15, 0.2) is 6.10 Å². The Morgan fingerprint density at radius 2 is 2.38 bits per heavy atom.